The summed E-state index contributed by atoms with van der Waals surface area (Å²) in [7, 11) is 0. The van der Waals surface area contributed by atoms with Crippen molar-refractivity contribution in [3.63, 3.8) is 0 Å². The van der Waals surface area contributed by atoms with Gasteiger partial charge in [0.15, 0.2) is 0 Å². The molecule has 0 unspecified atom stereocenters. The number of rotatable bonds is 8. The molecule has 288 valence electrons. The molecule has 61 heavy (non-hydrogen) atoms. The van der Waals surface area contributed by atoms with Crippen LogP contribution >= 0.6 is 0 Å². The van der Waals surface area contributed by atoms with E-state index in [1.165, 1.54) is 67.0 Å². The minimum Gasteiger partial charge on any atom is -0.311 e. The Bertz CT molecular complexity index is 3260. The van der Waals surface area contributed by atoms with Crippen molar-refractivity contribution in [1.82, 2.24) is 4.57 Å². The van der Waals surface area contributed by atoms with E-state index >= 15 is 0 Å². The van der Waals surface area contributed by atoms with Crippen LogP contribution in [0.4, 0.5) is 21.5 Å². The highest BCUT2D eigenvalue weighted by molar-refractivity contribution is 6.09. The van der Waals surface area contributed by atoms with Crippen LogP contribution < -0.4 is 4.90 Å². The Kier molecular flexibility index (Phi) is 9.05. The maximum absolute atomic E-state index is 13.6. The Morgan fingerprint density at radius 2 is 0.623 bits per heavy atom. The summed E-state index contributed by atoms with van der Waals surface area (Å²) in [5.74, 6) is -0.230. The van der Waals surface area contributed by atoms with E-state index in [2.05, 4.69) is 222 Å². The van der Waals surface area contributed by atoms with E-state index < -0.39 is 0 Å². The zero-order valence-electron chi connectivity index (χ0n) is 33.3. The molecule has 2 nitrogen and oxygen atoms in total. The van der Waals surface area contributed by atoms with Crippen LogP contribution in [0.1, 0.15) is 0 Å². The molecule has 11 rings (SSSR count). The number of hydrogen-bond donors (Lipinski definition) is 0. The zero-order chi connectivity index (χ0) is 40.7. The van der Waals surface area contributed by atoms with Gasteiger partial charge in [0.1, 0.15) is 5.82 Å². The highest BCUT2D eigenvalue weighted by Crippen LogP contribution is 2.41. The van der Waals surface area contributed by atoms with Crippen LogP contribution in [0.15, 0.2) is 237 Å². The van der Waals surface area contributed by atoms with Gasteiger partial charge < -0.3 is 9.47 Å². The first-order valence-corrected chi connectivity index (χ1v) is 20.7. The van der Waals surface area contributed by atoms with Crippen LogP contribution in [0, 0.1) is 5.82 Å². The van der Waals surface area contributed by atoms with E-state index in [1.807, 2.05) is 12.1 Å². The van der Waals surface area contributed by atoms with E-state index in [4.69, 9.17) is 0 Å². The molecule has 0 atom stereocenters. The number of fused-ring (bicyclic) bond motifs is 4. The second-order valence-corrected chi connectivity index (χ2v) is 15.5. The Balaban J connectivity index is 0.974. The van der Waals surface area contributed by atoms with Crippen molar-refractivity contribution in [3.8, 4) is 50.2 Å². The fourth-order valence-electron chi connectivity index (χ4n) is 8.91. The molecule has 0 aliphatic carbocycles. The molecule has 1 heterocycles. The van der Waals surface area contributed by atoms with E-state index in [1.54, 1.807) is 0 Å². The lowest BCUT2D eigenvalue weighted by Crippen LogP contribution is -2.10. The summed E-state index contributed by atoms with van der Waals surface area (Å²) in [4.78, 5) is 2.33. The number of aromatic nitrogens is 1. The smallest absolute Gasteiger partial charge is 0.123 e. The first-order chi connectivity index (χ1) is 30.2. The molecule has 0 spiro atoms. The molecule has 10 aromatic carbocycles. The number of nitrogens with zero attached hydrogens (tertiary/aromatic N) is 2. The van der Waals surface area contributed by atoms with E-state index in [-0.39, 0.29) is 5.82 Å². The lowest BCUT2D eigenvalue weighted by atomic mass is 9.92. The minimum atomic E-state index is -0.230. The van der Waals surface area contributed by atoms with Crippen molar-refractivity contribution in [3.05, 3.63) is 242 Å². The molecule has 0 saturated heterocycles. The zero-order valence-corrected chi connectivity index (χ0v) is 33.3. The number of para-hydroxylation sites is 2. The molecular weight excluding hydrogens is 744 g/mol. The van der Waals surface area contributed by atoms with Gasteiger partial charge in [0.2, 0.25) is 0 Å². The average molecular weight is 783 g/mol. The molecular formula is C58H39FN2. The number of hydrogen-bond acceptors (Lipinski definition) is 1. The summed E-state index contributed by atoms with van der Waals surface area (Å²) in [6, 6.07) is 82.9. The van der Waals surface area contributed by atoms with Gasteiger partial charge in [-0.15, -0.1) is 0 Å². The minimum absolute atomic E-state index is 0.230. The molecule has 0 aliphatic heterocycles. The van der Waals surface area contributed by atoms with Crippen LogP contribution in [0.25, 0.3) is 82.8 Å². The quantitative estimate of drug-likeness (QED) is 0.149. The lowest BCUT2D eigenvalue weighted by molar-refractivity contribution is 0.628. The maximum atomic E-state index is 13.6. The molecule has 0 N–H and O–H groups in total. The third-order valence-electron chi connectivity index (χ3n) is 11.9. The summed E-state index contributed by atoms with van der Waals surface area (Å²) in [6.45, 7) is 0. The van der Waals surface area contributed by atoms with Crippen LogP contribution in [-0.2, 0) is 0 Å². The van der Waals surface area contributed by atoms with Gasteiger partial charge >= 0.3 is 0 Å². The fourth-order valence-corrected chi connectivity index (χ4v) is 8.91. The number of benzene rings is 10. The second-order valence-electron chi connectivity index (χ2n) is 15.5. The van der Waals surface area contributed by atoms with Crippen molar-refractivity contribution in [2.75, 3.05) is 4.90 Å². The molecule has 1 aromatic heterocycles. The molecule has 0 saturated carbocycles. The van der Waals surface area contributed by atoms with Gasteiger partial charge in [-0.25, -0.2) is 4.39 Å². The van der Waals surface area contributed by atoms with Crippen molar-refractivity contribution in [1.29, 1.82) is 0 Å². The molecule has 0 fully saturated rings. The van der Waals surface area contributed by atoms with Gasteiger partial charge in [-0.3, -0.25) is 0 Å². The Hall–Kier alpha value is -8.01. The normalized spacial score (nSPS) is 11.4. The molecule has 0 aliphatic rings. The van der Waals surface area contributed by atoms with Crippen LogP contribution in [-0.4, -0.2) is 4.57 Å². The monoisotopic (exact) mass is 782 g/mol. The SMILES string of the molecule is Fc1ccc(-c2ccc(-c3ccc(N(c4ccc(-c5ccc(-c6ccccc6)c6ccccc56)cc4)c4ccc(-n5c6ccccc6c6ccccc65)cc4)cc3)cc2)cc1. The third-order valence-corrected chi connectivity index (χ3v) is 11.9. The summed E-state index contributed by atoms with van der Waals surface area (Å²) in [5, 5.41) is 4.97. The topological polar surface area (TPSA) is 8.17 Å². The summed E-state index contributed by atoms with van der Waals surface area (Å²) >= 11 is 0. The van der Waals surface area contributed by atoms with Crippen molar-refractivity contribution >= 4 is 49.6 Å². The predicted octanol–water partition coefficient (Wildman–Crippen LogP) is 16.2. The van der Waals surface area contributed by atoms with Crippen molar-refractivity contribution < 1.29 is 4.39 Å². The molecule has 3 heteroatoms. The first-order valence-electron chi connectivity index (χ1n) is 20.7. The van der Waals surface area contributed by atoms with Crippen molar-refractivity contribution in [2.45, 2.75) is 0 Å². The lowest BCUT2D eigenvalue weighted by Gasteiger charge is -2.26. The molecule has 11 aromatic rings. The summed E-state index contributed by atoms with van der Waals surface area (Å²) < 4.78 is 15.9. The number of anilines is 3. The molecule has 0 bridgehead atoms. The van der Waals surface area contributed by atoms with Gasteiger partial charge in [0.25, 0.3) is 0 Å². The van der Waals surface area contributed by atoms with E-state index in [0.29, 0.717) is 0 Å². The largest absolute Gasteiger partial charge is 0.311 e. The van der Waals surface area contributed by atoms with Crippen molar-refractivity contribution in [2.24, 2.45) is 0 Å². The Morgan fingerprint density at radius 3 is 1.10 bits per heavy atom. The summed E-state index contributed by atoms with van der Waals surface area (Å²) in [6.07, 6.45) is 0. The third kappa shape index (κ3) is 6.63. The summed E-state index contributed by atoms with van der Waals surface area (Å²) in [5.41, 5.74) is 15.8. The first kappa shape index (κ1) is 36.1. The average Bonchev–Trinajstić information content (AvgIpc) is 3.67. The standard InChI is InChI=1S/C58H39FN2/c59-46-28-22-42(23-29-46)40-18-20-41(21-19-40)43-24-30-47(31-25-43)60(49-34-36-50(37-35-49)61-57-16-8-6-14-55(57)56-15-7-9-17-58(56)61)48-32-26-45(27-33-48)52-39-38-51(44-10-2-1-3-11-44)53-12-4-5-13-54(52)53/h1-39H. The van der Waals surface area contributed by atoms with Gasteiger partial charge in [-0.05, 0) is 128 Å². The number of halogens is 1. The van der Waals surface area contributed by atoms with Gasteiger partial charge in [0, 0.05) is 33.5 Å². The Morgan fingerprint density at radius 1 is 0.279 bits per heavy atom. The Labute approximate surface area is 354 Å². The van der Waals surface area contributed by atoms with E-state index in [9.17, 15) is 4.39 Å². The molecule has 0 amide bonds. The molecule has 0 radical (unpaired) electrons. The highest BCUT2D eigenvalue weighted by atomic mass is 19.1. The van der Waals surface area contributed by atoms with Gasteiger partial charge in [-0.2, -0.15) is 0 Å². The van der Waals surface area contributed by atoms with Crippen LogP contribution in [0.3, 0.4) is 0 Å². The highest BCUT2D eigenvalue weighted by Gasteiger charge is 2.17. The van der Waals surface area contributed by atoms with Gasteiger partial charge in [0.05, 0.1) is 11.0 Å². The predicted molar refractivity (Wildman–Crippen MR) is 255 cm³/mol. The second kappa shape index (κ2) is 15.3. The van der Waals surface area contributed by atoms with E-state index in [0.717, 1.165) is 45.0 Å². The fraction of sp³-hybridized carbons (Fsp3) is 0. The van der Waals surface area contributed by atoms with Gasteiger partial charge in [-0.1, -0.05) is 164 Å². The maximum Gasteiger partial charge on any atom is 0.123 e. The van der Waals surface area contributed by atoms with Crippen LogP contribution in [0.5, 0.6) is 0 Å². The van der Waals surface area contributed by atoms with Crippen LogP contribution in [0.2, 0.25) is 0 Å².